The molecule has 0 aliphatic heterocycles. The number of nitrogen functional groups attached to an aromatic ring is 1. The van der Waals surface area contributed by atoms with E-state index < -0.39 is 15.8 Å². The predicted octanol–water partition coefficient (Wildman–Crippen LogP) is 3.50. The van der Waals surface area contributed by atoms with E-state index in [-0.39, 0.29) is 17.3 Å². The summed E-state index contributed by atoms with van der Waals surface area (Å²) in [6.45, 7) is 2.00. The first-order valence-electron chi connectivity index (χ1n) is 8.37. The van der Waals surface area contributed by atoms with Gasteiger partial charge in [0.1, 0.15) is 6.61 Å². The molecule has 0 aliphatic carbocycles. The third-order valence-corrected chi connectivity index (χ3v) is 5.22. The summed E-state index contributed by atoms with van der Waals surface area (Å²) in [5.74, 6) is -0.765. The van der Waals surface area contributed by atoms with Gasteiger partial charge in [-0.05, 0) is 31.0 Å². The van der Waals surface area contributed by atoms with E-state index in [9.17, 15) is 13.2 Å². The molecule has 1 aromatic rings. The Bertz CT molecular complexity index is 638. The Morgan fingerprint density at radius 3 is 2.67 bits per heavy atom. The SMILES string of the molecule is CCCCCCC/C=C/C(=O)OCCS(=O)(=O)c1cccc(N)c1. The number of anilines is 1. The van der Waals surface area contributed by atoms with E-state index in [4.69, 9.17) is 10.5 Å². The third-order valence-electron chi connectivity index (χ3n) is 3.54. The van der Waals surface area contributed by atoms with Gasteiger partial charge in [-0.15, -0.1) is 0 Å². The highest BCUT2D eigenvalue weighted by Crippen LogP contribution is 2.14. The molecule has 0 heterocycles. The molecule has 0 unspecified atom stereocenters. The van der Waals surface area contributed by atoms with Crippen molar-refractivity contribution in [2.24, 2.45) is 0 Å². The third kappa shape index (κ3) is 8.15. The van der Waals surface area contributed by atoms with E-state index in [1.165, 1.54) is 37.5 Å². The first-order valence-corrected chi connectivity index (χ1v) is 10.0. The van der Waals surface area contributed by atoms with Crippen LogP contribution >= 0.6 is 0 Å². The van der Waals surface area contributed by atoms with Gasteiger partial charge in [0.2, 0.25) is 0 Å². The van der Waals surface area contributed by atoms with Gasteiger partial charge >= 0.3 is 5.97 Å². The van der Waals surface area contributed by atoms with Crippen molar-refractivity contribution in [2.45, 2.75) is 50.3 Å². The molecule has 0 saturated carbocycles. The number of nitrogens with two attached hydrogens (primary N) is 1. The molecule has 0 fully saturated rings. The van der Waals surface area contributed by atoms with Gasteiger partial charge in [0.15, 0.2) is 9.84 Å². The summed E-state index contributed by atoms with van der Waals surface area (Å²) < 4.78 is 29.1. The smallest absolute Gasteiger partial charge is 0.330 e. The molecule has 0 radical (unpaired) electrons. The molecule has 24 heavy (non-hydrogen) atoms. The van der Waals surface area contributed by atoms with Crippen molar-refractivity contribution in [3.63, 3.8) is 0 Å². The summed E-state index contributed by atoms with van der Waals surface area (Å²) in [6.07, 6.45) is 9.86. The maximum atomic E-state index is 12.1. The largest absolute Gasteiger partial charge is 0.461 e. The van der Waals surface area contributed by atoms with Crippen molar-refractivity contribution < 1.29 is 17.9 Å². The molecule has 0 spiro atoms. The summed E-state index contributed by atoms with van der Waals surface area (Å²) in [6, 6.07) is 6.07. The Morgan fingerprint density at radius 2 is 1.96 bits per heavy atom. The molecule has 1 rings (SSSR count). The van der Waals surface area contributed by atoms with Gasteiger partial charge in [-0.3, -0.25) is 0 Å². The van der Waals surface area contributed by atoms with Gasteiger partial charge < -0.3 is 10.5 Å². The van der Waals surface area contributed by atoms with Crippen LogP contribution in [0.5, 0.6) is 0 Å². The van der Waals surface area contributed by atoms with Gasteiger partial charge in [-0.2, -0.15) is 0 Å². The van der Waals surface area contributed by atoms with Crippen molar-refractivity contribution in [3.05, 3.63) is 36.4 Å². The van der Waals surface area contributed by atoms with Crippen LogP contribution in [0.1, 0.15) is 45.4 Å². The lowest BCUT2D eigenvalue weighted by Crippen LogP contribution is -2.15. The second-order valence-electron chi connectivity index (χ2n) is 5.66. The van der Waals surface area contributed by atoms with Crippen LogP contribution in [0.4, 0.5) is 5.69 Å². The molecule has 1 aromatic carbocycles. The maximum Gasteiger partial charge on any atom is 0.330 e. The topological polar surface area (TPSA) is 86.5 Å². The molecule has 2 N–H and O–H groups in total. The monoisotopic (exact) mass is 353 g/mol. The minimum Gasteiger partial charge on any atom is -0.461 e. The Balaban J connectivity index is 2.27. The highest BCUT2D eigenvalue weighted by Gasteiger charge is 2.15. The van der Waals surface area contributed by atoms with E-state index in [2.05, 4.69) is 6.92 Å². The Labute approximate surface area is 144 Å². The van der Waals surface area contributed by atoms with Crippen LogP contribution in [-0.4, -0.2) is 26.7 Å². The number of sulfone groups is 1. The standard InChI is InChI=1S/C18H27NO4S/c1-2-3-4-5-6-7-8-12-18(20)23-13-14-24(21,22)17-11-9-10-16(19)15-17/h8-12,15H,2-7,13-14,19H2,1H3/b12-8+. The summed E-state index contributed by atoms with van der Waals surface area (Å²) in [4.78, 5) is 11.7. The highest BCUT2D eigenvalue weighted by molar-refractivity contribution is 7.91. The minimum absolute atomic E-state index is 0.140. The summed E-state index contributed by atoms with van der Waals surface area (Å²) in [5.41, 5.74) is 5.96. The van der Waals surface area contributed by atoms with Crippen LogP contribution in [0.3, 0.4) is 0 Å². The van der Waals surface area contributed by atoms with Crippen LogP contribution in [-0.2, 0) is 19.4 Å². The van der Waals surface area contributed by atoms with Crippen molar-refractivity contribution in [1.29, 1.82) is 0 Å². The van der Waals surface area contributed by atoms with E-state index >= 15 is 0 Å². The molecule has 6 heteroatoms. The highest BCUT2D eigenvalue weighted by atomic mass is 32.2. The molecule has 5 nitrogen and oxygen atoms in total. The van der Waals surface area contributed by atoms with E-state index in [0.717, 1.165) is 19.3 Å². The molecular weight excluding hydrogens is 326 g/mol. The lowest BCUT2D eigenvalue weighted by molar-refractivity contribution is -0.137. The quantitative estimate of drug-likeness (QED) is 0.285. The minimum atomic E-state index is -3.50. The van der Waals surface area contributed by atoms with Crippen LogP contribution in [0.15, 0.2) is 41.3 Å². The van der Waals surface area contributed by atoms with Crippen molar-refractivity contribution in [3.8, 4) is 0 Å². The Morgan fingerprint density at radius 1 is 1.21 bits per heavy atom. The second-order valence-corrected chi connectivity index (χ2v) is 7.77. The van der Waals surface area contributed by atoms with E-state index in [0.29, 0.717) is 5.69 Å². The fraction of sp³-hybridized carbons (Fsp3) is 0.500. The zero-order valence-electron chi connectivity index (χ0n) is 14.2. The summed E-state index contributed by atoms with van der Waals surface area (Å²) in [7, 11) is -3.50. The molecule has 0 bridgehead atoms. The van der Waals surface area contributed by atoms with Gasteiger partial charge in [0.25, 0.3) is 0 Å². The zero-order chi connectivity index (χ0) is 17.8. The van der Waals surface area contributed by atoms with Crippen LogP contribution in [0, 0.1) is 0 Å². The van der Waals surface area contributed by atoms with Crippen molar-refractivity contribution >= 4 is 21.5 Å². The number of rotatable bonds is 11. The van der Waals surface area contributed by atoms with Gasteiger partial charge in [-0.1, -0.05) is 44.7 Å². The van der Waals surface area contributed by atoms with Crippen LogP contribution < -0.4 is 5.73 Å². The molecule has 0 amide bonds. The lowest BCUT2D eigenvalue weighted by atomic mass is 10.1. The molecule has 0 saturated heterocycles. The lowest BCUT2D eigenvalue weighted by Gasteiger charge is -2.05. The number of carbonyl (C=O) groups excluding carboxylic acids is 1. The fourth-order valence-corrected chi connectivity index (χ4v) is 3.31. The summed E-state index contributed by atoms with van der Waals surface area (Å²) in [5, 5.41) is 0. The Hall–Kier alpha value is -1.82. The number of hydrogen-bond acceptors (Lipinski definition) is 5. The number of unbranched alkanes of at least 4 members (excludes halogenated alkanes) is 5. The first kappa shape index (κ1) is 20.2. The van der Waals surface area contributed by atoms with Crippen LogP contribution in [0.2, 0.25) is 0 Å². The molecule has 134 valence electrons. The molecular formula is C18H27NO4S. The molecule has 0 atom stereocenters. The molecule has 0 aliphatic rings. The number of allylic oxidation sites excluding steroid dienone is 1. The van der Waals surface area contributed by atoms with Gasteiger partial charge in [-0.25, -0.2) is 13.2 Å². The molecule has 0 aromatic heterocycles. The van der Waals surface area contributed by atoms with Crippen molar-refractivity contribution in [2.75, 3.05) is 18.1 Å². The first-order chi connectivity index (χ1) is 11.5. The average Bonchev–Trinajstić information content (AvgIpc) is 2.54. The van der Waals surface area contributed by atoms with E-state index in [1.807, 2.05) is 0 Å². The number of carbonyl (C=O) groups is 1. The number of esters is 1. The summed E-state index contributed by atoms with van der Waals surface area (Å²) >= 11 is 0. The second kappa shape index (κ2) is 10.9. The van der Waals surface area contributed by atoms with E-state index in [1.54, 1.807) is 18.2 Å². The van der Waals surface area contributed by atoms with Gasteiger partial charge in [0.05, 0.1) is 10.6 Å². The predicted molar refractivity (Wildman–Crippen MR) is 96.4 cm³/mol. The normalized spacial score (nSPS) is 11.7. The maximum absolute atomic E-state index is 12.1. The average molecular weight is 353 g/mol. The Kier molecular flexibility index (Phi) is 9.15. The number of benzene rings is 1. The van der Waals surface area contributed by atoms with Crippen LogP contribution in [0.25, 0.3) is 0 Å². The zero-order valence-corrected chi connectivity index (χ0v) is 15.1. The fourth-order valence-electron chi connectivity index (χ4n) is 2.17. The van der Waals surface area contributed by atoms with Gasteiger partial charge in [0, 0.05) is 11.8 Å². The number of hydrogen-bond donors (Lipinski definition) is 1. The number of ether oxygens (including phenoxy) is 1. The van der Waals surface area contributed by atoms with Crippen molar-refractivity contribution in [1.82, 2.24) is 0 Å².